The number of amides is 1. The zero-order valence-corrected chi connectivity index (χ0v) is 16.2. The van der Waals surface area contributed by atoms with E-state index in [9.17, 15) is 14.4 Å². The molecular weight excluding hydrogens is 364 g/mol. The van der Waals surface area contributed by atoms with Crippen LogP contribution >= 0.6 is 11.8 Å². The van der Waals surface area contributed by atoms with E-state index in [2.05, 4.69) is 16.4 Å². The third-order valence-electron chi connectivity index (χ3n) is 4.16. The van der Waals surface area contributed by atoms with Crippen molar-refractivity contribution in [1.29, 1.82) is 0 Å². The van der Waals surface area contributed by atoms with Crippen molar-refractivity contribution in [1.82, 2.24) is 14.1 Å². The Balaban J connectivity index is 1.70. The van der Waals surface area contributed by atoms with Gasteiger partial charge in [0.25, 0.3) is 5.56 Å². The van der Waals surface area contributed by atoms with Gasteiger partial charge in [0, 0.05) is 19.8 Å². The minimum Gasteiger partial charge on any atom is -0.324 e. The molecular formula is C19H20N4O3S. The van der Waals surface area contributed by atoms with Crippen LogP contribution < -0.4 is 16.6 Å². The number of pyridine rings is 1. The van der Waals surface area contributed by atoms with Gasteiger partial charge in [0.05, 0.1) is 23.0 Å². The molecule has 140 valence electrons. The minimum absolute atomic E-state index is 0.171. The Morgan fingerprint density at radius 2 is 1.96 bits per heavy atom. The lowest BCUT2D eigenvalue weighted by Gasteiger charge is -2.09. The van der Waals surface area contributed by atoms with Crippen molar-refractivity contribution < 1.29 is 4.79 Å². The predicted molar refractivity (Wildman–Crippen MR) is 108 cm³/mol. The average Bonchev–Trinajstić information content (AvgIpc) is 2.64. The summed E-state index contributed by atoms with van der Waals surface area (Å²) < 4.78 is 2.33. The van der Waals surface area contributed by atoms with E-state index < -0.39 is 11.2 Å². The van der Waals surface area contributed by atoms with Gasteiger partial charge in [0.2, 0.25) is 5.91 Å². The monoisotopic (exact) mass is 384 g/mol. The number of aryl methyl sites for hydroxylation is 2. The molecule has 2 heterocycles. The number of carbonyl (C=O) groups excluding carboxylic acids is 1. The summed E-state index contributed by atoms with van der Waals surface area (Å²) in [5, 5.41) is 3.04. The molecule has 0 saturated heterocycles. The fraction of sp³-hybridized carbons (Fsp3) is 0.263. The van der Waals surface area contributed by atoms with Gasteiger partial charge in [0.15, 0.2) is 0 Å². The molecule has 0 radical (unpaired) electrons. The molecule has 3 rings (SSSR count). The fourth-order valence-electron chi connectivity index (χ4n) is 2.79. The maximum absolute atomic E-state index is 12.3. The number of anilines is 1. The number of benzene rings is 1. The number of fused-ring (bicyclic) bond motifs is 1. The van der Waals surface area contributed by atoms with Crippen LogP contribution in [0.4, 0.5) is 5.69 Å². The molecule has 8 heteroatoms. The lowest BCUT2D eigenvalue weighted by atomic mass is 10.2. The van der Waals surface area contributed by atoms with Crippen molar-refractivity contribution >= 4 is 34.4 Å². The van der Waals surface area contributed by atoms with Crippen LogP contribution in [-0.2, 0) is 24.6 Å². The van der Waals surface area contributed by atoms with Crippen LogP contribution in [0.15, 0.2) is 46.1 Å². The van der Waals surface area contributed by atoms with E-state index in [1.807, 2.05) is 25.1 Å². The number of hydrogen-bond acceptors (Lipinski definition) is 5. The highest BCUT2D eigenvalue weighted by atomic mass is 32.2. The molecule has 0 spiro atoms. The van der Waals surface area contributed by atoms with Gasteiger partial charge in [-0.05, 0) is 18.6 Å². The van der Waals surface area contributed by atoms with Crippen LogP contribution in [0.2, 0.25) is 0 Å². The van der Waals surface area contributed by atoms with Gasteiger partial charge in [-0.15, -0.1) is 11.8 Å². The standard InChI is InChI=1S/C19H20N4O3S/c1-12-5-4-6-13(7-12)10-27-11-16(24)21-14-8-15-17(20-9-14)22(2)19(26)23(3)18(15)25/h4-9H,10-11H2,1-3H3,(H,21,24). The maximum atomic E-state index is 12.3. The predicted octanol–water partition coefficient (Wildman–Crippen LogP) is 1.81. The Bertz CT molecular complexity index is 1130. The first-order chi connectivity index (χ1) is 12.9. The molecule has 0 bridgehead atoms. The topological polar surface area (TPSA) is 86.0 Å². The van der Waals surface area contributed by atoms with Crippen LogP contribution in [0, 0.1) is 6.92 Å². The second-order valence-corrected chi connectivity index (χ2v) is 7.32. The van der Waals surface area contributed by atoms with Gasteiger partial charge in [-0.2, -0.15) is 0 Å². The van der Waals surface area contributed by atoms with Gasteiger partial charge in [-0.1, -0.05) is 29.8 Å². The third-order valence-corrected chi connectivity index (χ3v) is 5.17. The Hall–Kier alpha value is -2.87. The maximum Gasteiger partial charge on any atom is 0.332 e. The fourth-order valence-corrected chi connectivity index (χ4v) is 3.57. The molecule has 0 aliphatic rings. The van der Waals surface area contributed by atoms with E-state index in [-0.39, 0.29) is 22.7 Å². The van der Waals surface area contributed by atoms with Crippen LogP contribution in [0.3, 0.4) is 0 Å². The van der Waals surface area contributed by atoms with Crippen molar-refractivity contribution in [3.05, 3.63) is 68.5 Å². The first-order valence-corrected chi connectivity index (χ1v) is 9.51. The summed E-state index contributed by atoms with van der Waals surface area (Å²) in [4.78, 5) is 40.6. The molecule has 3 aromatic rings. The van der Waals surface area contributed by atoms with Gasteiger partial charge in [-0.25, -0.2) is 9.78 Å². The summed E-state index contributed by atoms with van der Waals surface area (Å²) in [6.45, 7) is 2.04. The lowest BCUT2D eigenvalue weighted by Crippen LogP contribution is -2.37. The number of aromatic nitrogens is 3. The highest BCUT2D eigenvalue weighted by Crippen LogP contribution is 2.15. The molecule has 7 nitrogen and oxygen atoms in total. The summed E-state index contributed by atoms with van der Waals surface area (Å²) in [6, 6.07) is 9.71. The summed E-state index contributed by atoms with van der Waals surface area (Å²) in [6.07, 6.45) is 1.45. The Labute approximate surface area is 160 Å². The summed E-state index contributed by atoms with van der Waals surface area (Å²) >= 11 is 1.51. The summed E-state index contributed by atoms with van der Waals surface area (Å²) in [7, 11) is 2.97. The van der Waals surface area contributed by atoms with Crippen LogP contribution in [0.5, 0.6) is 0 Å². The number of nitrogens with zero attached hydrogens (tertiary/aromatic N) is 3. The lowest BCUT2D eigenvalue weighted by molar-refractivity contribution is -0.113. The van der Waals surface area contributed by atoms with Crippen molar-refractivity contribution in [2.45, 2.75) is 12.7 Å². The van der Waals surface area contributed by atoms with E-state index in [1.165, 1.54) is 40.7 Å². The third kappa shape index (κ3) is 4.11. The number of nitrogens with one attached hydrogen (secondary N) is 1. The van der Waals surface area contributed by atoms with E-state index in [1.54, 1.807) is 13.1 Å². The molecule has 0 saturated carbocycles. The van der Waals surface area contributed by atoms with E-state index >= 15 is 0 Å². The minimum atomic E-state index is -0.440. The largest absolute Gasteiger partial charge is 0.332 e. The zero-order chi connectivity index (χ0) is 19.6. The highest BCUT2D eigenvalue weighted by Gasteiger charge is 2.11. The molecule has 27 heavy (non-hydrogen) atoms. The van der Waals surface area contributed by atoms with Crippen molar-refractivity contribution in [2.75, 3.05) is 11.1 Å². The zero-order valence-electron chi connectivity index (χ0n) is 15.4. The first kappa shape index (κ1) is 18.9. The van der Waals surface area contributed by atoms with E-state index in [0.29, 0.717) is 5.69 Å². The van der Waals surface area contributed by atoms with Gasteiger partial charge < -0.3 is 5.32 Å². The molecule has 1 aromatic carbocycles. The molecule has 0 atom stereocenters. The first-order valence-electron chi connectivity index (χ1n) is 8.35. The van der Waals surface area contributed by atoms with Gasteiger partial charge >= 0.3 is 5.69 Å². The number of rotatable bonds is 5. The summed E-state index contributed by atoms with van der Waals surface area (Å²) in [5.74, 6) is 0.862. The molecule has 0 fully saturated rings. The van der Waals surface area contributed by atoms with Crippen LogP contribution in [0.1, 0.15) is 11.1 Å². The molecule has 2 aromatic heterocycles. The van der Waals surface area contributed by atoms with Gasteiger partial charge in [-0.3, -0.25) is 18.7 Å². The van der Waals surface area contributed by atoms with E-state index in [0.717, 1.165) is 10.3 Å². The highest BCUT2D eigenvalue weighted by molar-refractivity contribution is 7.99. The number of carbonyl (C=O) groups is 1. The quantitative estimate of drug-likeness (QED) is 0.725. The number of thioether (sulfide) groups is 1. The Kier molecular flexibility index (Phi) is 5.46. The molecule has 1 amide bonds. The van der Waals surface area contributed by atoms with Crippen LogP contribution in [0.25, 0.3) is 11.0 Å². The summed E-state index contributed by atoms with van der Waals surface area (Å²) in [5.41, 5.74) is 2.20. The Morgan fingerprint density at radius 1 is 1.19 bits per heavy atom. The smallest absolute Gasteiger partial charge is 0.324 e. The molecule has 0 aliphatic heterocycles. The Morgan fingerprint density at radius 3 is 2.70 bits per heavy atom. The second kappa shape index (κ2) is 7.79. The second-order valence-electron chi connectivity index (χ2n) is 6.33. The molecule has 0 unspecified atom stereocenters. The van der Waals surface area contributed by atoms with Crippen molar-refractivity contribution in [2.24, 2.45) is 14.1 Å². The van der Waals surface area contributed by atoms with Crippen molar-refractivity contribution in [3.8, 4) is 0 Å². The normalized spacial score (nSPS) is 10.9. The van der Waals surface area contributed by atoms with E-state index in [4.69, 9.17) is 0 Å². The van der Waals surface area contributed by atoms with Crippen molar-refractivity contribution in [3.63, 3.8) is 0 Å². The SMILES string of the molecule is Cc1cccc(CSCC(=O)Nc2cnc3c(c2)c(=O)n(C)c(=O)n3C)c1. The number of hydrogen-bond donors (Lipinski definition) is 1. The van der Waals surface area contributed by atoms with Crippen LogP contribution in [-0.4, -0.2) is 25.8 Å². The molecule has 1 N–H and O–H groups in total. The van der Waals surface area contributed by atoms with Gasteiger partial charge in [0.1, 0.15) is 5.65 Å². The molecule has 0 aliphatic carbocycles. The average molecular weight is 384 g/mol.